The number of likely N-dealkylation sites (tertiary alicyclic amines) is 1. The van der Waals surface area contributed by atoms with Crippen molar-refractivity contribution in [2.24, 2.45) is 0 Å². The fraction of sp³-hybridized carbons (Fsp3) is 0.438. The van der Waals surface area contributed by atoms with Crippen LogP contribution in [0.1, 0.15) is 43.4 Å². The number of nitrogens with zero attached hydrogens (tertiary/aromatic N) is 4. The van der Waals surface area contributed by atoms with Crippen LogP contribution in [0, 0.1) is 0 Å². The molecule has 0 aliphatic carbocycles. The third-order valence-corrected chi connectivity index (χ3v) is 4.12. The fourth-order valence-electron chi connectivity index (χ4n) is 3.02. The van der Waals surface area contributed by atoms with Crippen molar-refractivity contribution >= 4 is 11.1 Å². The molecule has 1 aliphatic heterocycles. The molecule has 0 radical (unpaired) electrons. The molecular formula is C16H18N4O2. The maximum absolute atomic E-state index is 5.82. The van der Waals surface area contributed by atoms with Crippen LogP contribution in [-0.4, -0.2) is 26.6 Å². The number of para-hydroxylation sites is 2. The number of aryl methyl sites for hydroxylation is 1. The summed E-state index contributed by atoms with van der Waals surface area (Å²) in [5, 5.41) is 4.12. The number of benzene rings is 1. The lowest BCUT2D eigenvalue weighted by molar-refractivity contribution is 0.214. The molecule has 0 N–H and O–H groups in total. The van der Waals surface area contributed by atoms with Crippen LogP contribution >= 0.6 is 0 Å². The Balaban J connectivity index is 1.55. The van der Waals surface area contributed by atoms with Gasteiger partial charge in [0.05, 0.1) is 12.6 Å². The van der Waals surface area contributed by atoms with Gasteiger partial charge >= 0.3 is 0 Å². The lowest BCUT2D eigenvalue weighted by Gasteiger charge is -2.19. The second-order valence-electron chi connectivity index (χ2n) is 5.60. The first kappa shape index (κ1) is 13.5. The summed E-state index contributed by atoms with van der Waals surface area (Å²) < 4.78 is 11.1. The zero-order valence-electron chi connectivity index (χ0n) is 12.5. The monoisotopic (exact) mass is 298 g/mol. The minimum atomic E-state index is 0.194. The standard InChI is InChI=1S/C16H18N4O2/c1-2-14-18-16(19-22-14)12-7-5-9-20(12)10-15-17-11-6-3-4-8-13(11)21-15/h3-4,6,8,12H,2,5,7,9-10H2,1H3/t12-/m1/s1. The molecule has 4 rings (SSSR count). The van der Waals surface area contributed by atoms with Crippen LogP contribution in [-0.2, 0) is 13.0 Å². The fourth-order valence-corrected chi connectivity index (χ4v) is 3.02. The molecule has 2 aromatic heterocycles. The van der Waals surface area contributed by atoms with Crippen molar-refractivity contribution in [2.45, 2.75) is 38.8 Å². The van der Waals surface area contributed by atoms with Crippen LogP contribution in [0.3, 0.4) is 0 Å². The van der Waals surface area contributed by atoms with Gasteiger partial charge in [-0.3, -0.25) is 4.90 Å². The Morgan fingerprint density at radius 1 is 1.23 bits per heavy atom. The van der Waals surface area contributed by atoms with Crippen molar-refractivity contribution in [3.8, 4) is 0 Å². The molecule has 1 fully saturated rings. The number of fused-ring (bicyclic) bond motifs is 1. The Labute approximate surface area is 128 Å². The summed E-state index contributed by atoms with van der Waals surface area (Å²) in [6.45, 7) is 3.69. The van der Waals surface area contributed by atoms with Crippen molar-refractivity contribution < 1.29 is 8.94 Å². The van der Waals surface area contributed by atoms with E-state index in [1.165, 1.54) is 0 Å². The second kappa shape index (κ2) is 5.53. The summed E-state index contributed by atoms with van der Waals surface area (Å²) in [4.78, 5) is 11.3. The van der Waals surface area contributed by atoms with Crippen LogP contribution in [0.15, 0.2) is 33.2 Å². The van der Waals surface area contributed by atoms with Gasteiger partial charge in [-0.15, -0.1) is 0 Å². The average Bonchev–Trinajstić information content (AvgIpc) is 3.25. The molecule has 114 valence electrons. The molecule has 1 aliphatic rings. The quantitative estimate of drug-likeness (QED) is 0.737. The normalized spacial score (nSPS) is 19.2. The van der Waals surface area contributed by atoms with E-state index in [2.05, 4.69) is 20.0 Å². The number of hydrogen-bond donors (Lipinski definition) is 0. The molecule has 1 saturated heterocycles. The molecule has 6 heteroatoms. The first-order chi connectivity index (χ1) is 10.8. The lowest BCUT2D eigenvalue weighted by atomic mass is 10.2. The van der Waals surface area contributed by atoms with Crippen molar-refractivity contribution in [1.82, 2.24) is 20.0 Å². The van der Waals surface area contributed by atoms with Crippen molar-refractivity contribution in [3.05, 3.63) is 41.9 Å². The van der Waals surface area contributed by atoms with E-state index in [-0.39, 0.29) is 6.04 Å². The topological polar surface area (TPSA) is 68.2 Å². The van der Waals surface area contributed by atoms with E-state index in [1.54, 1.807) is 0 Å². The number of aromatic nitrogens is 3. The van der Waals surface area contributed by atoms with Crippen molar-refractivity contribution in [1.29, 1.82) is 0 Å². The van der Waals surface area contributed by atoms with E-state index < -0.39 is 0 Å². The van der Waals surface area contributed by atoms with E-state index in [0.29, 0.717) is 12.4 Å². The minimum Gasteiger partial charge on any atom is -0.439 e. The van der Waals surface area contributed by atoms with Crippen molar-refractivity contribution in [3.63, 3.8) is 0 Å². The van der Waals surface area contributed by atoms with Crippen LogP contribution in [0.5, 0.6) is 0 Å². The van der Waals surface area contributed by atoms with Crippen LogP contribution in [0.25, 0.3) is 11.1 Å². The Kier molecular flexibility index (Phi) is 3.38. The molecule has 3 heterocycles. The van der Waals surface area contributed by atoms with Gasteiger partial charge < -0.3 is 8.94 Å². The van der Waals surface area contributed by atoms with Gasteiger partial charge in [-0.25, -0.2) is 4.98 Å². The zero-order valence-corrected chi connectivity index (χ0v) is 12.5. The SMILES string of the molecule is CCc1nc([C@H]2CCCN2Cc2nc3ccccc3o2)no1. The maximum atomic E-state index is 5.82. The molecule has 1 aromatic carbocycles. The molecular weight excluding hydrogens is 280 g/mol. The van der Waals surface area contributed by atoms with Gasteiger partial charge in [0, 0.05) is 6.42 Å². The Morgan fingerprint density at radius 2 is 2.14 bits per heavy atom. The Morgan fingerprint density at radius 3 is 2.95 bits per heavy atom. The molecule has 1 atom stereocenters. The lowest BCUT2D eigenvalue weighted by Crippen LogP contribution is -2.23. The summed E-state index contributed by atoms with van der Waals surface area (Å²) >= 11 is 0. The van der Waals surface area contributed by atoms with Gasteiger partial charge in [0.1, 0.15) is 5.52 Å². The minimum absolute atomic E-state index is 0.194. The summed E-state index contributed by atoms with van der Waals surface area (Å²) in [6, 6.07) is 8.04. The number of hydrogen-bond acceptors (Lipinski definition) is 6. The molecule has 0 spiro atoms. The van der Waals surface area contributed by atoms with Crippen LogP contribution in [0.4, 0.5) is 0 Å². The average molecular weight is 298 g/mol. The number of rotatable bonds is 4. The van der Waals surface area contributed by atoms with Crippen LogP contribution in [0.2, 0.25) is 0 Å². The molecule has 0 saturated carbocycles. The van der Waals surface area contributed by atoms with Crippen molar-refractivity contribution in [2.75, 3.05) is 6.54 Å². The predicted octanol–water partition coefficient (Wildman–Crippen LogP) is 3.11. The van der Waals surface area contributed by atoms with Gasteiger partial charge in [-0.1, -0.05) is 24.2 Å². The molecule has 3 aromatic rings. The summed E-state index contributed by atoms with van der Waals surface area (Å²) in [7, 11) is 0. The van der Waals surface area contributed by atoms with Gasteiger partial charge in [-0.05, 0) is 31.5 Å². The summed E-state index contributed by atoms with van der Waals surface area (Å²) in [5.74, 6) is 2.22. The Bertz CT molecular complexity index is 746. The smallest absolute Gasteiger partial charge is 0.226 e. The number of oxazole rings is 1. The highest BCUT2D eigenvalue weighted by Crippen LogP contribution is 2.31. The van der Waals surface area contributed by atoms with Crippen LogP contribution < -0.4 is 0 Å². The van der Waals surface area contributed by atoms with Gasteiger partial charge in [0.2, 0.25) is 11.8 Å². The van der Waals surface area contributed by atoms with E-state index in [0.717, 1.165) is 48.6 Å². The molecule has 0 bridgehead atoms. The highest BCUT2D eigenvalue weighted by molar-refractivity contribution is 5.72. The van der Waals surface area contributed by atoms with E-state index in [9.17, 15) is 0 Å². The zero-order chi connectivity index (χ0) is 14.9. The maximum Gasteiger partial charge on any atom is 0.226 e. The van der Waals surface area contributed by atoms with E-state index in [4.69, 9.17) is 8.94 Å². The molecule has 0 unspecified atom stereocenters. The van der Waals surface area contributed by atoms with Gasteiger partial charge in [-0.2, -0.15) is 4.98 Å². The first-order valence-corrected chi connectivity index (χ1v) is 7.74. The third-order valence-electron chi connectivity index (χ3n) is 4.12. The molecule has 22 heavy (non-hydrogen) atoms. The second-order valence-corrected chi connectivity index (χ2v) is 5.60. The largest absolute Gasteiger partial charge is 0.439 e. The van der Waals surface area contributed by atoms with E-state index >= 15 is 0 Å². The summed E-state index contributed by atoms with van der Waals surface area (Å²) in [5.41, 5.74) is 1.74. The molecule has 6 nitrogen and oxygen atoms in total. The summed E-state index contributed by atoms with van der Waals surface area (Å²) in [6.07, 6.45) is 2.94. The Hall–Kier alpha value is -2.21. The predicted molar refractivity (Wildman–Crippen MR) is 80.1 cm³/mol. The van der Waals surface area contributed by atoms with Gasteiger partial charge in [0.25, 0.3) is 0 Å². The molecule has 0 amide bonds. The highest BCUT2D eigenvalue weighted by atomic mass is 16.5. The van der Waals surface area contributed by atoms with E-state index in [1.807, 2.05) is 31.2 Å². The third kappa shape index (κ3) is 2.39. The highest BCUT2D eigenvalue weighted by Gasteiger charge is 2.30. The first-order valence-electron chi connectivity index (χ1n) is 7.74. The van der Waals surface area contributed by atoms with Gasteiger partial charge in [0.15, 0.2) is 11.4 Å².